The first-order chi connectivity index (χ1) is 5.09. The molecule has 0 bridgehead atoms. The van der Waals surface area contributed by atoms with E-state index in [2.05, 4.69) is 0 Å². The quantitative estimate of drug-likeness (QED) is 0.557. The third kappa shape index (κ3) is 6.14. The van der Waals surface area contributed by atoms with Crippen LogP contribution in [0.1, 0.15) is 10.4 Å². The van der Waals surface area contributed by atoms with Crippen LogP contribution < -0.4 is 127 Å². The number of carbonyl (C=O) groups is 1. The fourth-order valence-corrected chi connectivity index (χ4v) is 0.695. The number of carboxylic acids is 1. The summed E-state index contributed by atoms with van der Waals surface area (Å²) >= 11 is 0. The summed E-state index contributed by atoms with van der Waals surface area (Å²) in [5, 5.41) is 29.5. The molecular weight excluding hydrogens is 319 g/mol. The molecule has 1 aromatic carbocycles. The van der Waals surface area contributed by atoms with Gasteiger partial charge in [-0.05, 0) is 0 Å². The van der Waals surface area contributed by atoms with E-state index in [1.165, 1.54) is 0 Å². The second-order valence-electron chi connectivity index (χ2n) is 2.00. The molecule has 0 amide bonds. The molecule has 58 valence electrons. The van der Waals surface area contributed by atoms with Crippen molar-refractivity contribution in [3.8, 4) is 11.5 Å². The van der Waals surface area contributed by atoms with Gasteiger partial charge in [0.2, 0.25) is 0 Å². The van der Waals surface area contributed by atoms with Gasteiger partial charge in [-0.1, -0.05) is 18.2 Å². The standard InChI is InChI=1S/C7H6O4.2Rb/c8-5-1-4(7(10)11)2-6(9)3-5;;/h1-3,8-9H,(H,10,11);;/q;2*+1/p-2. The molecule has 0 radical (unpaired) electrons. The zero-order valence-electron chi connectivity index (χ0n) is 7.40. The van der Waals surface area contributed by atoms with E-state index in [9.17, 15) is 15.0 Å². The molecule has 0 atom stereocenters. The normalized spacial score (nSPS) is 8.00. The predicted octanol–water partition coefficient (Wildman–Crippen LogP) is -6.46. The summed E-state index contributed by atoms with van der Waals surface area (Å²) in [5.74, 6) is -2.41. The van der Waals surface area contributed by atoms with Gasteiger partial charge in [0.15, 0.2) is 0 Å². The van der Waals surface area contributed by atoms with Gasteiger partial charge in [0.25, 0.3) is 0 Å². The van der Waals surface area contributed by atoms with Gasteiger partial charge >= 0.3 is 122 Å². The third-order valence-corrected chi connectivity index (χ3v) is 1.13. The molecule has 0 unspecified atom stereocenters. The average Bonchev–Trinajstić information content (AvgIpc) is 1.85. The maximum atomic E-state index is 10.6. The van der Waals surface area contributed by atoms with E-state index in [-0.39, 0.29) is 122 Å². The molecule has 0 aliphatic rings. The number of hydrogen-bond acceptors (Lipinski definition) is 3. The Labute approximate surface area is 173 Å². The van der Waals surface area contributed by atoms with E-state index in [1.807, 2.05) is 0 Å². The number of rotatable bonds is 1. The van der Waals surface area contributed by atoms with E-state index in [0.717, 1.165) is 18.2 Å². The second kappa shape index (κ2) is 8.10. The van der Waals surface area contributed by atoms with Crippen molar-refractivity contribution in [1.82, 2.24) is 0 Å². The molecule has 0 saturated carbocycles. The van der Waals surface area contributed by atoms with Gasteiger partial charge < -0.3 is 15.3 Å². The van der Waals surface area contributed by atoms with E-state index >= 15 is 0 Å². The van der Waals surface area contributed by atoms with Crippen molar-refractivity contribution in [3.63, 3.8) is 0 Å². The Morgan fingerprint density at radius 1 is 1.08 bits per heavy atom. The monoisotopic (exact) mass is 322 g/mol. The minimum atomic E-state index is -1.26. The van der Waals surface area contributed by atoms with Crippen LogP contribution in [-0.4, -0.2) is 11.1 Å². The molecule has 0 heterocycles. The van der Waals surface area contributed by atoms with Crippen LogP contribution in [-0.2, 0) is 0 Å². The molecule has 4 nitrogen and oxygen atoms in total. The first-order valence-corrected chi connectivity index (χ1v) is 2.82. The van der Waals surface area contributed by atoms with E-state index in [4.69, 9.17) is 5.11 Å². The smallest absolute Gasteiger partial charge is 0.872 e. The van der Waals surface area contributed by atoms with Crippen molar-refractivity contribution in [2.45, 2.75) is 0 Å². The molecule has 0 aliphatic carbocycles. The van der Waals surface area contributed by atoms with Crippen molar-refractivity contribution >= 4 is 5.97 Å². The zero-order chi connectivity index (χ0) is 8.43. The molecule has 6 heteroatoms. The van der Waals surface area contributed by atoms with Crippen LogP contribution in [0.25, 0.3) is 0 Å². The van der Waals surface area contributed by atoms with Gasteiger partial charge in [0.05, 0.1) is 5.56 Å². The molecule has 1 aromatic rings. The summed E-state index contributed by atoms with van der Waals surface area (Å²) in [5.41, 5.74) is -0.262. The van der Waals surface area contributed by atoms with Gasteiger partial charge in [-0.25, -0.2) is 4.79 Å². The molecule has 0 saturated heterocycles. The van der Waals surface area contributed by atoms with Crippen LogP contribution >= 0.6 is 0 Å². The molecule has 0 fully saturated rings. The number of benzene rings is 1. The first kappa shape index (κ1) is 17.3. The van der Waals surface area contributed by atoms with Crippen molar-refractivity contribution in [2.75, 3.05) is 0 Å². The largest absolute Gasteiger partial charge is 1.00 e. The van der Waals surface area contributed by atoms with Gasteiger partial charge in [0, 0.05) is 0 Å². The van der Waals surface area contributed by atoms with E-state index < -0.39 is 17.5 Å². The number of hydrogen-bond donors (Lipinski definition) is 1. The van der Waals surface area contributed by atoms with E-state index in [1.54, 1.807) is 0 Å². The Morgan fingerprint density at radius 3 is 1.77 bits per heavy atom. The van der Waals surface area contributed by atoms with Crippen LogP contribution in [0.4, 0.5) is 0 Å². The topological polar surface area (TPSA) is 83.4 Å². The number of carboxylic acid groups (broad SMARTS) is 1. The van der Waals surface area contributed by atoms with E-state index in [0.29, 0.717) is 0 Å². The van der Waals surface area contributed by atoms with Gasteiger partial charge in [-0.2, -0.15) is 0 Å². The Balaban J connectivity index is 0. The van der Waals surface area contributed by atoms with Crippen molar-refractivity contribution in [2.24, 2.45) is 0 Å². The molecular formula is C7H4O4Rb2. The van der Waals surface area contributed by atoms with Crippen LogP contribution in [0.5, 0.6) is 11.5 Å². The SMILES string of the molecule is O=C(O)c1cc([O-])cc([O-])c1.[Rb+].[Rb+]. The van der Waals surface area contributed by atoms with Crippen LogP contribution in [0.3, 0.4) is 0 Å². The molecule has 13 heavy (non-hydrogen) atoms. The zero-order valence-corrected chi connectivity index (χ0v) is 17.2. The van der Waals surface area contributed by atoms with Crippen LogP contribution in [0.15, 0.2) is 18.2 Å². The Kier molecular flexibility index (Phi) is 10.8. The van der Waals surface area contributed by atoms with Crippen molar-refractivity contribution < 1.29 is 136 Å². The van der Waals surface area contributed by atoms with Gasteiger partial charge in [-0.15, -0.1) is 11.5 Å². The molecule has 1 N–H and O–H groups in total. The summed E-state index contributed by atoms with van der Waals surface area (Å²) < 4.78 is 0. The molecule has 0 aliphatic heterocycles. The second-order valence-corrected chi connectivity index (χ2v) is 2.00. The summed E-state index contributed by atoms with van der Waals surface area (Å²) in [6.45, 7) is 0. The summed E-state index contributed by atoms with van der Waals surface area (Å²) in [6.07, 6.45) is 0. The molecule has 1 rings (SSSR count). The summed E-state index contributed by atoms with van der Waals surface area (Å²) in [6, 6.07) is 2.65. The van der Waals surface area contributed by atoms with Crippen LogP contribution in [0, 0.1) is 0 Å². The van der Waals surface area contributed by atoms with Crippen molar-refractivity contribution in [3.05, 3.63) is 23.8 Å². The first-order valence-electron chi connectivity index (χ1n) is 2.82. The Morgan fingerprint density at radius 2 is 1.46 bits per heavy atom. The fourth-order valence-electron chi connectivity index (χ4n) is 0.695. The summed E-state index contributed by atoms with van der Waals surface area (Å²) in [4.78, 5) is 10.2. The minimum absolute atomic E-state index is 0. The van der Waals surface area contributed by atoms with Crippen LogP contribution in [0.2, 0.25) is 0 Å². The predicted molar refractivity (Wildman–Crippen MR) is 32.3 cm³/mol. The minimum Gasteiger partial charge on any atom is -0.872 e. The maximum absolute atomic E-state index is 10.6. The fraction of sp³-hybridized carbons (Fsp3) is 0. The third-order valence-electron chi connectivity index (χ3n) is 1.13. The van der Waals surface area contributed by atoms with Gasteiger partial charge in [0.1, 0.15) is 0 Å². The Bertz CT molecular complexity index is 280. The van der Waals surface area contributed by atoms with Gasteiger partial charge in [-0.3, -0.25) is 0 Å². The Hall–Kier alpha value is 1.90. The van der Waals surface area contributed by atoms with Crippen molar-refractivity contribution in [1.29, 1.82) is 0 Å². The molecule has 0 aromatic heterocycles. The maximum Gasteiger partial charge on any atom is 1.00 e. The molecule has 0 spiro atoms. The summed E-state index contributed by atoms with van der Waals surface area (Å²) in [7, 11) is 0. The average molecular weight is 323 g/mol. The number of aromatic carboxylic acids is 1.